The number of nitro groups is 1. The Morgan fingerprint density at radius 2 is 1.81 bits per heavy atom. The minimum absolute atomic E-state index is 0.124. The monoisotopic (exact) mass is 481 g/mol. The number of ether oxygens (including phenoxy) is 1. The summed E-state index contributed by atoms with van der Waals surface area (Å²) < 4.78 is 6.64. The third-order valence-electron chi connectivity index (χ3n) is 4.02. The number of carbonyl (C=O) groups is 1. The molecular formula is C20H20INO5. The fourth-order valence-electron chi connectivity index (χ4n) is 2.69. The molecular weight excluding hydrogens is 461 g/mol. The van der Waals surface area contributed by atoms with Gasteiger partial charge in [0.15, 0.2) is 0 Å². The summed E-state index contributed by atoms with van der Waals surface area (Å²) in [6.07, 6.45) is 3.40. The summed E-state index contributed by atoms with van der Waals surface area (Å²) >= 11 is 2.23. The summed E-state index contributed by atoms with van der Waals surface area (Å²) in [5.74, 6) is -0.499. The van der Waals surface area contributed by atoms with E-state index in [4.69, 9.17) is 4.74 Å². The summed E-state index contributed by atoms with van der Waals surface area (Å²) in [7, 11) is 1.60. The van der Waals surface area contributed by atoms with Gasteiger partial charge >= 0.3 is 5.97 Å². The molecule has 0 radical (unpaired) electrons. The number of nitrogens with zero attached hydrogens (tertiary/aromatic N) is 1. The Bertz CT molecular complexity index is 929. The van der Waals surface area contributed by atoms with Crippen molar-refractivity contribution in [3.8, 4) is 5.75 Å². The predicted molar refractivity (Wildman–Crippen MR) is 113 cm³/mol. The smallest absolute Gasteiger partial charge is 0.336 e. The average molecular weight is 481 g/mol. The third kappa shape index (κ3) is 4.85. The molecule has 0 amide bonds. The number of nitro benzene ring substituents is 1. The van der Waals surface area contributed by atoms with Crippen LogP contribution in [0.4, 0.5) is 5.69 Å². The summed E-state index contributed by atoms with van der Waals surface area (Å²) in [5.41, 5.74) is 1.72. The maximum absolute atomic E-state index is 11.5. The topological polar surface area (TPSA) is 89.7 Å². The molecule has 1 N–H and O–H groups in total. The zero-order chi connectivity index (χ0) is 20.4. The minimum Gasteiger partial charge on any atom is -0.496 e. The molecule has 0 heterocycles. The number of hydrogen-bond acceptors (Lipinski definition) is 4. The number of benzene rings is 2. The van der Waals surface area contributed by atoms with Gasteiger partial charge in [-0.25, -0.2) is 4.79 Å². The van der Waals surface area contributed by atoms with Crippen LogP contribution in [0, 0.1) is 13.7 Å². The lowest BCUT2D eigenvalue weighted by molar-refractivity contribution is -0.384. The van der Waals surface area contributed by atoms with Crippen LogP contribution in [-0.2, 0) is 5.41 Å². The van der Waals surface area contributed by atoms with E-state index in [1.807, 2.05) is 6.07 Å². The maximum Gasteiger partial charge on any atom is 0.336 e. The molecule has 0 fully saturated rings. The quantitative estimate of drug-likeness (QED) is 0.268. The highest BCUT2D eigenvalue weighted by atomic mass is 127. The van der Waals surface area contributed by atoms with Gasteiger partial charge in [-0.05, 0) is 51.8 Å². The highest BCUT2D eigenvalue weighted by Crippen LogP contribution is 2.36. The molecule has 0 saturated carbocycles. The lowest BCUT2D eigenvalue weighted by Gasteiger charge is -2.24. The van der Waals surface area contributed by atoms with Gasteiger partial charge in [0, 0.05) is 26.8 Å². The summed E-state index contributed by atoms with van der Waals surface area (Å²) in [5, 5.41) is 20.3. The molecule has 27 heavy (non-hydrogen) atoms. The molecule has 6 nitrogen and oxygen atoms in total. The van der Waals surface area contributed by atoms with Crippen LogP contribution in [0.1, 0.15) is 47.8 Å². The minimum atomic E-state index is -1.22. The Hall–Kier alpha value is -2.42. The first-order chi connectivity index (χ1) is 12.5. The number of aromatic carboxylic acids is 1. The van der Waals surface area contributed by atoms with E-state index in [0.29, 0.717) is 5.56 Å². The van der Waals surface area contributed by atoms with Gasteiger partial charge in [-0.1, -0.05) is 32.9 Å². The van der Waals surface area contributed by atoms with Crippen molar-refractivity contribution in [1.29, 1.82) is 0 Å². The van der Waals surface area contributed by atoms with E-state index in [1.54, 1.807) is 19.3 Å². The van der Waals surface area contributed by atoms with Gasteiger partial charge in [-0.3, -0.25) is 10.1 Å². The van der Waals surface area contributed by atoms with Crippen molar-refractivity contribution in [3.05, 3.63) is 66.3 Å². The Balaban J connectivity index is 2.57. The Morgan fingerprint density at radius 3 is 2.33 bits per heavy atom. The lowest BCUT2D eigenvalue weighted by atomic mass is 9.85. The largest absolute Gasteiger partial charge is 0.496 e. The fraction of sp³-hybridized carbons (Fsp3) is 0.250. The van der Waals surface area contributed by atoms with E-state index in [2.05, 4.69) is 49.4 Å². The van der Waals surface area contributed by atoms with E-state index in [1.165, 1.54) is 12.1 Å². The number of carboxylic acid groups (broad SMARTS) is 1. The molecule has 0 bridgehead atoms. The van der Waals surface area contributed by atoms with Gasteiger partial charge in [0.25, 0.3) is 5.69 Å². The SMILES string of the molecule is COc1c(C=Cc2ccc([N+](=O)[O-])cc2C(=O)O)cc(I)cc1C(C)(C)C. The second kappa shape index (κ2) is 8.08. The lowest BCUT2D eigenvalue weighted by Crippen LogP contribution is -2.14. The fourth-order valence-corrected chi connectivity index (χ4v) is 3.34. The van der Waals surface area contributed by atoms with Crippen LogP contribution in [-0.4, -0.2) is 23.1 Å². The van der Waals surface area contributed by atoms with Crippen LogP contribution in [0.5, 0.6) is 5.75 Å². The van der Waals surface area contributed by atoms with Crippen molar-refractivity contribution in [2.75, 3.05) is 7.11 Å². The van der Waals surface area contributed by atoms with Crippen LogP contribution < -0.4 is 4.74 Å². The first kappa shape index (κ1) is 20.9. The summed E-state index contributed by atoms with van der Waals surface area (Å²) in [6.45, 7) is 6.27. The highest BCUT2D eigenvalue weighted by Gasteiger charge is 2.21. The van der Waals surface area contributed by atoms with Gasteiger partial charge < -0.3 is 9.84 Å². The van der Waals surface area contributed by atoms with Crippen molar-refractivity contribution in [2.45, 2.75) is 26.2 Å². The number of rotatable bonds is 5. The zero-order valence-electron chi connectivity index (χ0n) is 15.4. The van der Waals surface area contributed by atoms with Gasteiger partial charge in [0.2, 0.25) is 0 Å². The number of carboxylic acids is 1. The zero-order valence-corrected chi connectivity index (χ0v) is 17.6. The summed E-state index contributed by atoms with van der Waals surface area (Å²) in [6, 6.07) is 7.79. The van der Waals surface area contributed by atoms with Crippen molar-refractivity contribution >= 4 is 46.4 Å². The van der Waals surface area contributed by atoms with Crippen molar-refractivity contribution < 1.29 is 19.6 Å². The van der Waals surface area contributed by atoms with Crippen LogP contribution in [0.2, 0.25) is 0 Å². The Morgan fingerprint density at radius 1 is 1.19 bits per heavy atom. The third-order valence-corrected chi connectivity index (χ3v) is 4.64. The molecule has 142 valence electrons. The van der Waals surface area contributed by atoms with E-state index in [9.17, 15) is 20.0 Å². The molecule has 0 spiro atoms. The van der Waals surface area contributed by atoms with Crippen molar-refractivity contribution in [3.63, 3.8) is 0 Å². The van der Waals surface area contributed by atoms with E-state index >= 15 is 0 Å². The van der Waals surface area contributed by atoms with Crippen LogP contribution in [0.3, 0.4) is 0 Å². The summed E-state index contributed by atoms with van der Waals surface area (Å²) in [4.78, 5) is 21.8. The molecule has 0 atom stereocenters. The number of non-ortho nitro benzene ring substituents is 1. The Kier molecular flexibility index (Phi) is 6.25. The Labute approximate surface area is 171 Å². The molecule has 2 aromatic rings. The van der Waals surface area contributed by atoms with Crippen molar-refractivity contribution in [2.24, 2.45) is 0 Å². The van der Waals surface area contributed by atoms with E-state index in [0.717, 1.165) is 26.5 Å². The first-order valence-corrected chi connectivity index (χ1v) is 9.20. The second-order valence-electron chi connectivity index (χ2n) is 6.99. The van der Waals surface area contributed by atoms with Crippen LogP contribution in [0.25, 0.3) is 12.2 Å². The average Bonchev–Trinajstić information content (AvgIpc) is 2.58. The molecule has 0 aliphatic heterocycles. The van der Waals surface area contributed by atoms with Crippen LogP contribution >= 0.6 is 22.6 Å². The molecule has 7 heteroatoms. The van der Waals surface area contributed by atoms with Gasteiger partial charge in [0.05, 0.1) is 17.6 Å². The van der Waals surface area contributed by atoms with E-state index in [-0.39, 0.29) is 16.7 Å². The predicted octanol–water partition coefficient (Wildman–Crippen LogP) is 5.37. The van der Waals surface area contributed by atoms with Crippen molar-refractivity contribution in [1.82, 2.24) is 0 Å². The highest BCUT2D eigenvalue weighted by molar-refractivity contribution is 14.1. The van der Waals surface area contributed by atoms with Crippen LogP contribution in [0.15, 0.2) is 30.3 Å². The molecule has 0 saturated heterocycles. The molecule has 0 aliphatic rings. The molecule has 2 aromatic carbocycles. The normalized spacial score (nSPS) is 11.6. The second-order valence-corrected chi connectivity index (χ2v) is 8.24. The van der Waals surface area contributed by atoms with Gasteiger partial charge in [-0.2, -0.15) is 0 Å². The standard InChI is InChI=1S/C20H20INO5/c1-20(2,3)17-10-14(21)9-13(18(17)27-4)6-5-12-7-8-15(22(25)26)11-16(12)19(23)24/h5-11H,1-4H3,(H,23,24). The molecule has 0 aromatic heterocycles. The number of halogens is 1. The first-order valence-electron chi connectivity index (χ1n) is 8.12. The number of hydrogen-bond donors (Lipinski definition) is 1. The molecule has 0 aliphatic carbocycles. The molecule has 0 unspecified atom stereocenters. The number of methoxy groups -OCH3 is 1. The molecule has 2 rings (SSSR count). The van der Waals surface area contributed by atoms with Gasteiger partial charge in [0.1, 0.15) is 5.75 Å². The maximum atomic E-state index is 11.5. The van der Waals surface area contributed by atoms with E-state index < -0.39 is 10.9 Å². The van der Waals surface area contributed by atoms with Gasteiger partial charge in [-0.15, -0.1) is 0 Å².